The molecule has 17 atom stereocenters. The number of ketones is 1. The van der Waals surface area contributed by atoms with E-state index in [1.165, 1.54) is 61.2 Å². The summed E-state index contributed by atoms with van der Waals surface area (Å²) in [5, 5.41) is 41.9. The molecule has 5 heterocycles. The van der Waals surface area contributed by atoms with Crippen LogP contribution in [0.2, 0.25) is 0 Å². The summed E-state index contributed by atoms with van der Waals surface area (Å²) in [5.74, 6) is 2.66. The van der Waals surface area contributed by atoms with Gasteiger partial charge in [-0.15, -0.1) is 0 Å². The number of pyridine rings is 1. The van der Waals surface area contributed by atoms with Crippen LogP contribution in [0.1, 0.15) is 94.4 Å². The van der Waals surface area contributed by atoms with Crippen molar-refractivity contribution in [2.45, 2.75) is 127 Å². The molecule has 382 valence electrons. The van der Waals surface area contributed by atoms with Crippen LogP contribution in [-0.2, 0) is 45.8 Å². The van der Waals surface area contributed by atoms with Gasteiger partial charge < -0.3 is 65.5 Å². The number of rotatable bonds is 13. The minimum absolute atomic E-state index is 0.00541. The molecule has 0 aromatic carbocycles. The molecule has 0 spiro atoms. The average molecular weight is 1030 g/mol. The van der Waals surface area contributed by atoms with Gasteiger partial charge in [0.2, 0.25) is 0 Å². The molecule has 3 aromatic heterocycles. The van der Waals surface area contributed by atoms with E-state index in [1.807, 2.05) is 0 Å². The van der Waals surface area contributed by atoms with E-state index in [0.29, 0.717) is 17.1 Å². The number of carbonyl (C=O) groups excluding carboxylic acids is 2. The van der Waals surface area contributed by atoms with Gasteiger partial charge in [-0.3, -0.25) is 27.8 Å². The van der Waals surface area contributed by atoms with E-state index in [0.717, 1.165) is 60.7 Å². The lowest BCUT2D eigenvalue weighted by Gasteiger charge is -2.60. The molecule has 4 aliphatic carbocycles. The number of nitrogens with two attached hydrogens (primary N) is 2. The summed E-state index contributed by atoms with van der Waals surface area (Å²) in [6.45, 7) is 2.72. The summed E-state index contributed by atoms with van der Waals surface area (Å²) in [7, 11) is -16.6. The number of phosphoric ester groups is 3. The van der Waals surface area contributed by atoms with Crippen molar-refractivity contribution in [3.05, 3.63) is 42.7 Å². The zero-order valence-electron chi connectivity index (χ0n) is 37.5. The molecule has 0 radical (unpaired) electrons. The number of hydrogen-bond donors (Lipinski definition) is 9. The molecule has 69 heavy (non-hydrogen) atoms. The fraction of sp³-hybridized carbons (Fsp3) is 0.700. The number of ether oxygens (including phenoxy) is 2. The third kappa shape index (κ3) is 10.7. The van der Waals surface area contributed by atoms with E-state index >= 15 is 0 Å². The van der Waals surface area contributed by atoms with Crippen molar-refractivity contribution in [3.63, 3.8) is 0 Å². The second-order valence-corrected chi connectivity index (χ2v) is 23.5. The van der Waals surface area contributed by atoms with Crippen molar-refractivity contribution in [1.82, 2.24) is 19.5 Å². The average Bonchev–Trinajstić information content (AvgIpc) is 4.01. The highest BCUT2D eigenvalue weighted by atomic mass is 31.3. The van der Waals surface area contributed by atoms with Gasteiger partial charge in [0.1, 0.15) is 53.7 Å². The highest BCUT2D eigenvalue weighted by Crippen LogP contribution is 2.66. The van der Waals surface area contributed by atoms with Crippen LogP contribution in [0, 0.1) is 34.5 Å². The fourth-order valence-electron chi connectivity index (χ4n) is 11.8. The van der Waals surface area contributed by atoms with Gasteiger partial charge in [-0.1, -0.05) is 13.8 Å². The lowest BCUT2D eigenvalue weighted by molar-refractivity contribution is -0.765. The van der Waals surface area contributed by atoms with Gasteiger partial charge in [0.25, 0.3) is 20.0 Å². The predicted octanol–water partition coefficient (Wildman–Crippen LogP) is 0.428. The van der Waals surface area contributed by atoms with E-state index in [-0.39, 0.29) is 34.1 Å². The number of hydrogen-bond acceptors (Lipinski definition) is 20. The third-order valence-electron chi connectivity index (χ3n) is 15.4. The normalized spacial score (nSPS) is 38.3. The number of nitrogen functional groups attached to an aromatic ring is 1. The standard InChI is InChI=1S/C21H28N7O17P3.C19H30O2/c22-17-12-19(25-7-24-17)28(8-26-12)21-16(44-46(33,34)35)14(30)11(43-21)6-41-48(38,39)45-47(36,37)40-5-10-13(29)15(31)20(42-10)27-3-1-2-9(4-27)18(23)32;1-18-9-7-13(20)11-12(18)3-4-14-15-5-6-17(21)19(15,2)10-8-16(14)18/h1-4,7-8,10-11,13-16,20-21,29-31H,5-6H2,(H7-,22,23,24,25,32,33,34,35,36,37,38,39);12,14-17,21H,3-11H2,1-2H3/t10-,11-,13-,14-,15-,16-,20-,21-;12-,14-,15-,16-,17-,18-,19-/m10/s1. The first-order chi connectivity index (χ1) is 32.3. The van der Waals surface area contributed by atoms with Crippen molar-refractivity contribution >= 4 is 52.1 Å². The van der Waals surface area contributed by atoms with Gasteiger partial charge in [0.15, 0.2) is 36.2 Å². The van der Waals surface area contributed by atoms with Crippen LogP contribution in [0.4, 0.5) is 5.82 Å². The van der Waals surface area contributed by atoms with Gasteiger partial charge >= 0.3 is 15.6 Å². The maximum absolute atomic E-state index is 12.5. The number of fused-ring (bicyclic) bond motifs is 6. The quantitative estimate of drug-likeness (QED) is 0.0828. The van der Waals surface area contributed by atoms with Gasteiger partial charge in [-0.25, -0.2) is 28.4 Å². The Morgan fingerprint density at radius 3 is 2.36 bits per heavy atom. The highest BCUT2D eigenvalue weighted by Gasteiger charge is 2.60. The molecule has 11 N–H and O–H groups in total. The Hall–Kier alpha value is -3.23. The van der Waals surface area contributed by atoms with Crippen molar-refractivity contribution in [1.29, 1.82) is 0 Å². The Labute approximate surface area is 394 Å². The Kier molecular flexibility index (Phi) is 14.8. The summed E-state index contributed by atoms with van der Waals surface area (Å²) in [6.07, 6.45) is 1.45. The first-order valence-electron chi connectivity index (χ1n) is 22.5. The Bertz CT molecular complexity index is 2560. The molecule has 6 fully saturated rings. The lowest BCUT2D eigenvalue weighted by atomic mass is 9.45. The van der Waals surface area contributed by atoms with Crippen LogP contribution in [0.3, 0.4) is 0 Å². The number of carbonyl (C=O) groups is 2. The Morgan fingerprint density at radius 1 is 0.928 bits per heavy atom. The minimum atomic E-state index is -5.72. The number of imidazole rings is 1. The second kappa shape index (κ2) is 19.7. The number of amides is 1. The molecule has 3 aromatic rings. The number of aromatic nitrogens is 5. The smallest absolute Gasteiger partial charge is 0.478 e. The van der Waals surface area contributed by atoms with Crippen LogP contribution in [0.5, 0.6) is 0 Å². The lowest BCUT2D eigenvalue weighted by Crippen LogP contribution is -2.54. The second-order valence-electron chi connectivity index (χ2n) is 19.3. The van der Waals surface area contributed by atoms with Crippen molar-refractivity contribution < 1.29 is 95.2 Å². The molecule has 2 unspecified atom stereocenters. The van der Waals surface area contributed by atoms with Crippen LogP contribution >= 0.6 is 23.5 Å². The molecule has 29 heteroatoms. The van der Waals surface area contributed by atoms with Crippen molar-refractivity contribution in [2.75, 3.05) is 18.9 Å². The van der Waals surface area contributed by atoms with Crippen LogP contribution in [-0.4, -0.2) is 122 Å². The molecule has 2 aliphatic heterocycles. The SMILES string of the molecule is C[C@]12CCC(=O)C[C@@H]1CC[C@@H]1[C@@H]2CC[C@]2(C)[C@@H](O)CC[C@@H]12.NC(=O)c1ccc[n+]([C@@H]2O[C@H](COP(=O)([O-])OP(=O)(O)OC[C@H]3O[C@@H](n4cnc5c(N)ncnc54)[C@H](OP(=O)(O)O)[C@@H]3O)[C@@H](O)[C@H]2O)c1. The first-order valence-corrected chi connectivity index (χ1v) is 27.0. The Morgan fingerprint density at radius 2 is 1.64 bits per heavy atom. The number of phosphoric acid groups is 3. The van der Waals surface area contributed by atoms with Gasteiger partial charge in [0, 0.05) is 18.9 Å². The zero-order chi connectivity index (χ0) is 50.0. The number of aliphatic hydroxyl groups is 4. The van der Waals surface area contributed by atoms with Gasteiger partial charge in [-0.2, -0.15) is 4.57 Å². The van der Waals surface area contributed by atoms with Gasteiger partial charge in [-0.05, 0) is 85.5 Å². The highest BCUT2D eigenvalue weighted by molar-refractivity contribution is 7.60. The number of aliphatic hydroxyl groups excluding tert-OH is 4. The number of primary amides is 1. The monoisotopic (exact) mass is 1030 g/mol. The molecule has 1 amide bonds. The molecule has 4 saturated carbocycles. The van der Waals surface area contributed by atoms with E-state index < -0.39 is 91.7 Å². The maximum Gasteiger partial charge on any atom is 0.478 e. The number of anilines is 1. The summed E-state index contributed by atoms with van der Waals surface area (Å²) < 4.78 is 67.9. The summed E-state index contributed by atoms with van der Waals surface area (Å²) in [6, 6.07) is 2.77. The number of nitrogens with zero attached hydrogens (tertiary/aromatic N) is 5. The van der Waals surface area contributed by atoms with Crippen LogP contribution in [0.25, 0.3) is 11.2 Å². The van der Waals surface area contributed by atoms with Gasteiger partial charge in [0.05, 0.1) is 25.6 Å². The topological polar surface area (TPSA) is 405 Å². The summed E-state index contributed by atoms with van der Waals surface area (Å²) in [5.41, 5.74) is 11.7. The summed E-state index contributed by atoms with van der Waals surface area (Å²) >= 11 is 0. The largest absolute Gasteiger partial charge is 0.756 e. The zero-order valence-corrected chi connectivity index (χ0v) is 40.2. The van der Waals surface area contributed by atoms with Crippen molar-refractivity contribution in [2.24, 2.45) is 40.2 Å². The molecule has 2 saturated heterocycles. The van der Waals surface area contributed by atoms with E-state index in [4.69, 9.17) is 20.9 Å². The maximum atomic E-state index is 12.5. The molecule has 26 nitrogen and oxygen atoms in total. The van der Waals surface area contributed by atoms with Crippen LogP contribution < -0.4 is 20.9 Å². The van der Waals surface area contributed by atoms with E-state index in [9.17, 15) is 63.3 Å². The third-order valence-corrected chi connectivity index (χ3v) is 18.5. The Balaban J connectivity index is 0.000000251. The van der Waals surface area contributed by atoms with Crippen LogP contribution in [0.15, 0.2) is 37.2 Å². The molecule has 9 rings (SSSR count). The fourth-order valence-corrected chi connectivity index (χ4v) is 14.4. The van der Waals surface area contributed by atoms with E-state index in [2.05, 4.69) is 46.7 Å². The molecular formula is C40H58N7O19P3. The number of Topliss-reactive ketones (excluding diaryl/α,β-unsaturated/α-hetero) is 1. The molecule has 0 bridgehead atoms. The predicted molar refractivity (Wildman–Crippen MR) is 231 cm³/mol. The van der Waals surface area contributed by atoms with E-state index in [1.54, 1.807) is 0 Å². The molecular weight excluding hydrogens is 975 g/mol. The minimum Gasteiger partial charge on any atom is -0.756 e. The molecule has 6 aliphatic rings. The summed E-state index contributed by atoms with van der Waals surface area (Å²) in [4.78, 5) is 76.3. The van der Waals surface area contributed by atoms with Crippen molar-refractivity contribution in [3.8, 4) is 0 Å². The first kappa shape index (κ1) is 52.1.